The van der Waals surface area contributed by atoms with Crippen LogP contribution >= 0.6 is 0 Å². The van der Waals surface area contributed by atoms with Crippen LogP contribution in [0.5, 0.6) is 0 Å². The summed E-state index contributed by atoms with van der Waals surface area (Å²) in [6.45, 7) is 1.54. The Morgan fingerprint density at radius 1 is 1.44 bits per heavy atom. The lowest BCUT2D eigenvalue weighted by atomic mass is 10.0. The molecule has 1 heterocycles. The van der Waals surface area contributed by atoms with Crippen LogP contribution in [-0.2, 0) is 27.9 Å². The lowest BCUT2D eigenvalue weighted by Gasteiger charge is -2.20. The zero-order chi connectivity index (χ0) is 20.4. The van der Waals surface area contributed by atoms with Gasteiger partial charge in [0.15, 0.2) is 0 Å². The van der Waals surface area contributed by atoms with Gasteiger partial charge in [-0.1, -0.05) is 0 Å². The number of rotatable bonds is 6. The van der Waals surface area contributed by atoms with Gasteiger partial charge in [0.2, 0.25) is 0 Å². The fourth-order valence-electron chi connectivity index (χ4n) is 2.61. The van der Waals surface area contributed by atoms with Crippen LogP contribution in [-0.4, -0.2) is 42.3 Å². The quantitative estimate of drug-likeness (QED) is 0.691. The number of aryl methyl sites for hydroxylation is 1. The number of halogens is 1. The van der Waals surface area contributed by atoms with Gasteiger partial charge in [-0.3, -0.25) is 13.7 Å². The minimum Gasteiger partial charge on any atom is -0.336 e. The molecule has 144 valence electrons. The number of benzene rings is 1. The van der Waals surface area contributed by atoms with Crippen molar-refractivity contribution in [1.29, 1.82) is 5.26 Å². The Morgan fingerprint density at radius 3 is 2.67 bits per heavy atom. The van der Waals surface area contributed by atoms with Crippen LogP contribution in [0.4, 0.5) is 4.39 Å². The van der Waals surface area contributed by atoms with Crippen molar-refractivity contribution in [2.75, 3.05) is 13.3 Å². The average molecular weight is 394 g/mol. The molecule has 1 aromatic heterocycles. The third kappa shape index (κ3) is 5.12. The van der Waals surface area contributed by atoms with Crippen molar-refractivity contribution < 1.29 is 21.8 Å². The Kier molecular flexibility index (Phi) is 5.98. The van der Waals surface area contributed by atoms with Crippen molar-refractivity contribution in [1.82, 2.24) is 14.7 Å². The second-order valence-corrected chi connectivity index (χ2v) is 7.69. The summed E-state index contributed by atoms with van der Waals surface area (Å²) >= 11 is 0. The fourth-order valence-corrected chi connectivity index (χ4v) is 3.24. The van der Waals surface area contributed by atoms with Crippen LogP contribution in [0.3, 0.4) is 0 Å². The molecule has 8 nitrogen and oxygen atoms in total. The van der Waals surface area contributed by atoms with E-state index in [1.807, 2.05) is 6.07 Å². The second kappa shape index (κ2) is 7.85. The van der Waals surface area contributed by atoms with Crippen LogP contribution in [0.1, 0.15) is 40.3 Å². The molecule has 0 saturated carbocycles. The number of aromatic nitrogens is 2. The van der Waals surface area contributed by atoms with Crippen LogP contribution < -0.4 is 0 Å². The number of amides is 1. The summed E-state index contributed by atoms with van der Waals surface area (Å²) in [4.78, 5) is 14.2. The maximum absolute atomic E-state index is 13.7. The first-order valence-electron chi connectivity index (χ1n) is 7.88. The molecule has 0 radical (unpaired) electrons. The molecule has 1 aromatic carbocycles. The highest BCUT2D eigenvalue weighted by Crippen LogP contribution is 2.25. The Balaban J connectivity index is 2.30. The van der Waals surface area contributed by atoms with Crippen molar-refractivity contribution in [2.45, 2.75) is 19.6 Å². The van der Waals surface area contributed by atoms with Gasteiger partial charge in [0.05, 0.1) is 18.5 Å². The van der Waals surface area contributed by atoms with Crippen molar-refractivity contribution in [3.8, 4) is 6.07 Å². The van der Waals surface area contributed by atoms with Gasteiger partial charge in [0.25, 0.3) is 16.0 Å². The highest BCUT2D eigenvalue weighted by atomic mass is 32.2. The lowest BCUT2D eigenvalue weighted by molar-refractivity contribution is 0.0778. The normalized spacial score (nSPS) is 12.4. The molecule has 0 spiro atoms. The Bertz CT molecular complexity index is 1010. The molecular formula is C17H19FN4O4S. The van der Waals surface area contributed by atoms with E-state index in [1.165, 1.54) is 29.6 Å². The Labute approximate surface area is 156 Å². The smallest absolute Gasteiger partial charge is 0.264 e. The lowest BCUT2D eigenvalue weighted by Crippen LogP contribution is -2.28. The van der Waals surface area contributed by atoms with Crippen LogP contribution in [0.2, 0.25) is 0 Å². The zero-order valence-electron chi connectivity index (χ0n) is 15.3. The van der Waals surface area contributed by atoms with E-state index in [9.17, 15) is 17.6 Å². The number of nitriles is 1. The molecule has 0 bridgehead atoms. The maximum Gasteiger partial charge on any atom is 0.264 e. The van der Waals surface area contributed by atoms with Crippen molar-refractivity contribution in [3.05, 3.63) is 52.6 Å². The van der Waals surface area contributed by atoms with Crippen LogP contribution in [0, 0.1) is 17.1 Å². The summed E-state index contributed by atoms with van der Waals surface area (Å²) in [5.74, 6) is -1.07. The monoisotopic (exact) mass is 394 g/mol. The van der Waals surface area contributed by atoms with Gasteiger partial charge in [0.1, 0.15) is 23.7 Å². The van der Waals surface area contributed by atoms with E-state index in [0.29, 0.717) is 11.4 Å². The van der Waals surface area contributed by atoms with Gasteiger partial charge < -0.3 is 4.90 Å². The molecule has 0 aliphatic rings. The summed E-state index contributed by atoms with van der Waals surface area (Å²) < 4.78 is 42.7. The largest absolute Gasteiger partial charge is 0.336 e. The predicted molar refractivity (Wildman–Crippen MR) is 94.5 cm³/mol. The van der Waals surface area contributed by atoms with E-state index in [1.54, 1.807) is 13.1 Å². The molecule has 10 heteroatoms. The van der Waals surface area contributed by atoms with Crippen molar-refractivity contribution in [3.63, 3.8) is 0 Å². The fraction of sp³-hybridized carbons (Fsp3) is 0.353. The third-order valence-electron chi connectivity index (χ3n) is 3.79. The first kappa shape index (κ1) is 20.5. The SMILES string of the molecule is C[C@H](OS(C)(=O)=O)c1cc(F)ccc1C(=O)N(C)Cc1cc(C#N)n(C)n1. The second-order valence-electron chi connectivity index (χ2n) is 6.09. The highest BCUT2D eigenvalue weighted by Gasteiger charge is 2.23. The van der Waals surface area contributed by atoms with Gasteiger partial charge >= 0.3 is 0 Å². The van der Waals surface area contributed by atoms with E-state index >= 15 is 0 Å². The molecule has 0 aliphatic heterocycles. The molecule has 27 heavy (non-hydrogen) atoms. The van der Waals surface area contributed by atoms with Gasteiger partial charge in [-0.05, 0) is 36.8 Å². The van der Waals surface area contributed by atoms with Gasteiger partial charge in [-0.25, -0.2) is 4.39 Å². The molecular weight excluding hydrogens is 375 g/mol. The summed E-state index contributed by atoms with van der Waals surface area (Å²) in [5, 5.41) is 13.1. The van der Waals surface area contributed by atoms with E-state index in [0.717, 1.165) is 18.4 Å². The van der Waals surface area contributed by atoms with Gasteiger partial charge in [-0.2, -0.15) is 18.8 Å². The zero-order valence-corrected chi connectivity index (χ0v) is 16.1. The number of carbonyl (C=O) groups excluding carboxylic acids is 1. The number of hydrogen-bond acceptors (Lipinski definition) is 6. The highest BCUT2D eigenvalue weighted by molar-refractivity contribution is 7.86. The van der Waals surface area contributed by atoms with Crippen LogP contribution in [0.25, 0.3) is 0 Å². The topological polar surface area (TPSA) is 105 Å². The minimum absolute atomic E-state index is 0.117. The molecule has 0 saturated heterocycles. The predicted octanol–water partition coefficient (Wildman–Crippen LogP) is 1.74. The van der Waals surface area contributed by atoms with Crippen molar-refractivity contribution in [2.24, 2.45) is 7.05 Å². The molecule has 2 rings (SSSR count). The maximum atomic E-state index is 13.7. The Morgan fingerprint density at radius 2 is 2.11 bits per heavy atom. The average Bonchev–Trinajstić information content (AvgIpc) is 2.91. The van der Waals surface area contributed by atoms with Gasteiger partial charge in [0, 0.05) is 19.7 Å². The molecule has 0 unspecified atom stereocenters. The van der Waals surface area contributed by atoms with Crippen molar-refractivity contribution >= 4 is 16.0 Å². The minimum atomic E-state index is -3.79. The molecule has 2 aromatic rings. The summed E-state index contributed by atoms with van der Waals surface area (Å²) in [6, 6.07) is 7.02. The standard InChI is InChI=1S/C17H19FN4O4S/c1-11(26-27(4,24)25)16-7-12(18)5-6-15(16)17(23)21(2)10-13-8-14(9-19)22(3)20-13/h5-8,11H,10H2,1-4H3/t11-/m0/s1. The molecule has 0 N–H and O–H groups in total. The molecule has 1 amide bonds. The Hall–Kier alpha value is -2.77. The summed E-state index contributed by atoms with van der Waals surface area (Å²) in [7, 11) is -0.648. The van der Waals surface area contributed by atoms with E-state index in [-0.39, 0.29) is 17.7 Å². The first-order chi connectivity index (χ1) is 12.5. The first-order valence-corrected chi connectivity index (χ1v) is 9.69. The number of carbonyl (C=O) groups is 1. The number of hydrogen-bond donors (Lipinski definition) is 0. The molecule has 0 aliphatic carbocycles. The summed E-state index contributed by atoms with van der Waals surface area (Å²) in [5.41, 5.74) is 1.10. The molecule has 0 fully saturated rings. The van der Waals surface area contributed by atoms with E-state index in [4.69, 9.17) is 9.44 Å². The van der Waals surface area contributed by atoms with Gasteiger partial charge in [-0.15, -0.1) is 0 Å². The van der Waals surface area contributed by atoms with E-state index < -0.39 is 27.9 Å². The third-order valence-corrected chi connectivity index (χ3v) is 4.43. The van der Waals surface area contributed by atoms with E-state index in [2.05, 4.69) is 5.10 Å². The molecule has 1 atom stereocenters. The van der Waals surface area contributed by atoms with Crippen LogP contribution in [0.15, 0.2) is 24.3 Å². The number of nitrogens with zero attached hydrogens (tertiary/aromatic N) is 4. The summed E-state index contributed by atoms with van der Waals surface area (Å²) in [6.07, 6.45) is -0.160.